The van der Waals surface area contributed by atoms with Crippen molar-refractivity contribution in [1.82, 2.24) is 0 Å². The summed E-state index contributed by atoms with van der Waals surface area (Å²) < 4.78 is 5.54. The van der Waals surface area contributed by atoms with Crippen LogP contribution in [0.25, 0.3) is 0 Å². The van der Waals surface area contributed by atoms with Crippen LogP contribution in [0.3, 0.4) is 0 Å². The van der Waals surface area contributed by atoms with E-state index in [4.69, 9.17) is 27.9 Å². The van der Waals surface area contributed by atoms with Crippen molar-refractivity contribution >= 4 is 39.1 Å². The number of ether oxygens (including phenoxy) is 1. The maximum absolute atomic E-state index is 5.88. The Morgan fingerprint density at radius 3 is 2.79 bits per heavy atom. The standard InChI is InChI=1S/C10H11BrCl2O/c11-7-10(14-5-4-12)8-2-1-3-9(13)6-8/h1-3,6,10H,4-5,7H2. The zero-order valence-corrected chi connectivity index (χ0v) is 10.6. The molecule has 0 spiro atoms. The molecule has 1 nitrogen and oxygen atoms in total. The van der Waals surface area contributed by atoms with Gasteiger partial charge in [0.2, 0.25) is 0 Å². The first kappa shape index (κ1) is 12.3. The topological polar surface area (TPSA) is 9.23 Å². The van der Waals surface area contributed by atoms with Crippen molar-refractivity contribution in [3.8, 4) is 0 Å². The molecule has 0 N–H and O–H groups in total. The molecule has 0 saturated heterocycles. The lowest BCUT2D eigenvalue weighted by molar-refractivity contribution is 0.0822. The summed E-state index contributed by atoms with van der Waals surface area (Å²) in [5.74, 6) is 0.504. The summed E-state index contributed by atoms with van der Waals surface area (Å²) in [5, 5.41) is 1.47. The van der Waals surface area contributed by atoms with Gasteiger partial charge in [-0.1, -0.05) is 39.7 Å². The molecule has 1 atom stereocenters. The van der Waals surface area contributed by atoms with Crippen LogP contribution in [0.5, 0.6) is 0 Å². The van der Waals surface area contributed by atoms with Gasteiger partial charge in [-0.15, -0.1) is 11.6 Å². The predicted molar refractivity (Wildman–Crippen MR) is 64.7 cm³/mol. The van der Waals surface area contributed by atoms with E-state index < -0.39 is 0 Å². The third-order valence-electron chi connectivity index (χ3n) is 1.76. The average molecular weight is 298 g/mol. The summed E-state index contributed by atoms with van der Waals surface area (Å²) in [4.78, 5) is 0. The van der Waals surface area contributed by atoms with Gasteiger partial charge in [-0.25, -0.2) is 0 Å². The molecule has 14 heavy (non-hydrogen) atoms. The van der Waals surface area contributed by atoms with Gasteiger partial charge in [-0.3, -0.25) is 0 Å². The second-order valence-electron chi connectivity index (χ2n) is 2.76. The maximum Gasteiger partial charge on any atom is 0.0922 e. The van der Waals surface area contributed by atoms with Crippen LogP contribution in [-0.2, 0) is 4.74 Å². The minimum absolute atomic E-state index is 0.0208. The van der Waals surface area contributed by atoms with Crippen LogP contribution >= 0.6 is 39.1 Å². The zero-order valence-electron chi connectivity index (χ0n) is 7.55. The highest BCUT2D eigenvalue weighted by molar-refractivity contribution is 9.09. The fourth-order valence-electron chi connectivity index (χ4n) is 1.12. The van der Waals surface area contributed by atoms with Crippen LogP contribution in [0.2, 0.25) is 5.02 Å². The number of benzene rings is 1. The van der Waals surface area contributed by atoms with Gasteiger partial charge in [-0.05, 0) is 17.7 Å². The quantitative estimate of drug-likeness (QED) is 0.746. The molecule has 0 aliphatic rings. The maximum atomic E-state index is 5.88. The molecule has 1 rings (SSSR count). The lowest BCUT2D eigenvalue weighted by atomic mass is 10.1. The van der Waals surface area contributed by atoms with Crippen molar-refractivity contribution in [2.75, 3.05) is 17.8 Å². The lowest BCUT2D eigenvalue weighted by Crippen LogP contribution is -2.07. The molecule has 0 saturated carbocycles. The zero-order chi connectivity index (χ0) is 10.4. The van der Waals surface area contributed by atoms with Gasteiger partial charge in [0.05, 0.1) is 12.7 Å². The van der Waals surface area contributed by atoms with Crippen LogP contribution < -0.4 is 0 Å². The highest BCUT2D eigenvalue weighted by atomic mass is 79.9. The number of hydrogen-bond acceptors (Lipinski definition) is 1. The van der Waals surface area contributed by atoms with E-state index in [1.807, 2.05) is 24.3 Å². The molecule has 0 aliphatic heterocycles. The van der Waals surface area contributed by atoms with Gasteiger partial charge >= 0.3 is 0 Å². The van der Waals surface area contributed by atoms with Crippen LogP contribution in [-0.4, -0.2) is 17.8 Å². The minimum atomic E-state index is 0.0208. The van der Waals surface area contributed by atoms with E-state index >= 15 is 0 Å². The van der Waals surface area contributed by atoms with Crippen LogP contribution in [0.1, 0.15) is 11.7 Å². The Labute approximate surface area is 102 Å². The summed E-state index contributed by atoms with van der Waals surface area (Å²) >= 11 is 14.8. The van der Waals surface area contributed by atoms with Crippen LogP contribution in [0.4, 0.5) is 0 Å². The molecular formula is C10H11BrCl2O. The molecule has 1 unspecified atom stereocenters. The normalized spacial score (nSPS) is 12.8. The predicted octanol–water partition coefficient (Wildman–Crippen LogP) is 4.03. The van der Waals surface area contributed by atoms with E-state index in [2.05, 4.69) is 15.9 Å². The highest BCUT2D eigenvalue weighted by Crippen LogP contribution is 2.22. The van der Waals surface area contributed by atoms with Crippen molar-refractivity contribution in [3.63, 3.8) is 0 Å². The van der Waals surface area contributed by atoms with Crippen molar-refractivity contribution in [1.29, 1.82) is 0 Å². The molecule has 1 aromatic carbocycles. The Balaban J connectivity index is 2.68. The Kier molecular flexibility index (Phi) is 5.87. The fraction of sp³-hybridized carbons (Fsp3) is 0.400. The summed E-state index contributed by atoms with van der Waals surface area (Å²) in [6.45, 7) is 0.546. The van der Waals surface area contributed by atoms with Crippen LogP contribution in [0, 0.1) is 0 Å². The van der Waals surface area contributed by atoms with Crippen molar-refractivity contribution in [2.24, 2.45) is 0 Å². The molecular weight excluding hydrogens is 287 g/mol. The largest absolute Gasteiger partial charge is 0.371 e. The van der Waals surface area contributed by atoms with Crippen molar-refractivity contribution in [3.05, 3.63) is 34.9 Å². The first-order valence-electron chi connectivity index (χ1n) is 4.27. The van der Waals surface area contributed by atoms with E-state index in [0.717, 1.165) is 15.9 Å². The van der Waals surface area contributed by atoms with Gasteiger partial charge < -0.3 is 4.74 Å². The first-order valence-corrected chi connectivity index (χ1v) is 6.30. The summed E-state index contributed by atoms with van der Waals surface area (Å²) in [6, 6.07) is 7.66. The summed E-state index contributed by atoms with van der Waals surface area (Å²) in [6.07, 6.45) is 0.0208. The van der Waals surface area contributed by atoms with Gasteiger partial charge in [0.1, 0.15) is 0 Å². The average Bonchev–Trinajstić information content (AvgIpc) is 2.19. The molecule has 4 heteroatoms. The smallest absolute Gasteiger partial charge is 0.0922 e. The second kappa shape index (κ2) is 6.67. The Morgan fingerprint density at radius 2 is 2.21 bits per heavy atom. The number of hydrogen-bond donors (Lipinski definition) is 0. The summed E-state index contributed by atoms with van der Waals surface area (Å²) in [5.41, 5.74) is 1.07. The summed E-state index contributed by atoms with van der Waals surface area (Å²) in [7, 11) is 0. The first-order chi connectivity index (χ1) is 6.77. The SMILES string of the molecule is ClCCOC(CBr)c1cccc(Cl)c1. The molecule has 0 aromatic heterocycles. The third-order valence-corrected chi connectivity index (χ3v) is 2.73. The van der Waals surface area contributed by atoms with Crippen LogP contribution in [0.15, 0.2) is 24.3 Å². The molecule has 1 aromatic rings. The molecule has 0 amide bonds. The molecule has 0 fully saturated rings. The van der Waals surface area contributed by atoms with E-state index in [1.165, 1.54) is 0 Å². The number of alkyl halides is 2. The molecule has 0 bridgehead atoms. The van der Waals surface area contributed by atoms with E-state index in [9.17, 15) is 0 Å². The van der Waals surface area contributed by atoms with Crippen molar-refractivity contribution < 1.29 is 4.74 Å². The molecule has 0 heterocycles. The van der Waals surface area contributed by atoms with E-state index in [-0.39, 0.29) is 6.10 Å². The van der Waals surface area contributed by atoms with Gasteiger partial charge in [-0.2, -0.15) is 0 Å². The number of rotatable bonds is 5. The molecule has 0 radical (unpaired) electrons. The lowest BCUT2D eigenvalue weighted by Gasteiger charge is -2.15. The van der Waals surface area contributed by atoms with E-state index in [0.29, 0.717) is 12.5 Å². The fourth-order valence-corrected chi connectivity index (χ4v) is 1.97. The van der Waals surface area contributed by atoms with Gasteiger partial charge in [0.15, 0.2) is 0 Å². The van der Waals surface area contributed by atoms with Gasteiger partial charge in [0.25, 0.3) is 0 Å². The van der Waals surface area contributed by atoms with Crippen molar-refractivity contribution in [2.45, 2.75) is 6.10 Å². The monoisotopic (exact) mass is 296 g/mol. The Bertz CT molecular complexity index is 281. The second-order valence-corrected chi connectivity index (χ2v) is 4.22. The molecule has 78 valence electrons. The minimum Gasteiger partial charge on any atom is -0.371 e. The Hall–Kier alpha value is 0.240. The third kappa shape index (κ3) is 3.77. The number of halogens is 3. The highest BCUT2D eigenvalue weighted by Gasteiger charge is 2.10. The molecule has 0 aliphatic carbocycles. The van der Waals surface area contributed by atoms with E-state index in [1.54, 1.807) is 0 Å². The van der Waals surface area contributed by atoms with Gasteiger partial charge in [0, 0.05) is 16.2 Å². The Morgan fingerprint density at radius 1 is 1.43 bits per heavy atom.